The smallest absolute Gasteiger partial charge is 0.0984 e. The second kappa shape index (κ2) is 5.72. The summed E-state index contributed by atoms with van der Waals surface area (Å²) in [6, 6.07) is 11.8. The molecule has 1 aromatic rings. The van der Waals surface area contributed by atoms with Gasteiger partial charge in [0.25, 0.3) is 0 Å². The first-order valence-corrected chi connectivity index (χ1v) is 7.40. The molecule has 2 aliphatic heterocycles. The number of para-hydroxylation sites is 1. The highest BCUT2D eigenvalue weighted by Crippen LogP contribution is 2.12. The number of nitrogens with one attached hydrogen (secondary N) is 1. The summed E-state index contributed by atoms with van der Waals surface area (Å²) in [6.07, 6.45) is 2.83. The Hall–Kier alpha value is -1.06. The normalized spacial score (nSPS) is 23.2. The van der Waals surface area contributed by atoms with Gasteiger partial charge in [-0.2, -0.15) is 0 Å². The largest absolute Gasteiger partial charge is 0.360 e. The number of anilines is 1. The minimum absolute atomic E-state index is 0.938. The van der Waals surface area contributed by atoms with Gasteiger partial charge < -0.3 is 15.1 Å². The number of nitrogens with zero attached hydrogens (tertiary/aromatic N) is 1. The van der Waals surface area contributed by atoms with Crippen molar-refractivity contribution in [1.82, 2.24) is 0 Å². The van der Waals surface area contributed by atoms with Crippen molar-refractivity contribution in [2.75, 3.05) is 44.2 Å². The van der Waals surface area contributed by atoms with E-state index in [9.17, 15) is 0 Å². The molecule has 2 fully saturated rings. The molecule has 2 saturated heterocycles. The monoisotopic (exact) mass is 247 g/mol. The Morgan fingerprint density at radius 3 is 2.33 bits per heavy atom. The van der Waals surface area contributed by atoms with Crippen LogP contribution in [0.2, 0.25) is 0 Å². The molecule has 2 heterocycles. The van der Waals surface area contributed by atoms with Crippen molar-refractivity contribution in [2.24, 2.45) is 0 Å². The van der Waals surface area contributed by atoms with E-state index in [1.165, 1.54) is 57.8 Å². The average molecular weight is 247 g/mol. The van der Waals surface area contributed by atoms with Crippen LogP contribution in [-0.2, 0) is 0 Å². The first-order valence-electron chi connectivity index (χ1n) is 7.40. The first-order chi connectivity index (χ1) is 8.93. The summed E-state index contributed by atoms with van der Waals surface area (Å²) in [4.78, 5) is 4.40. The van der Waals surface area contributed by atoms with E-state index < -0.39 is 0 Å². The second-order valence-electron chi connectivity index (χ2n) is 5.62. The molecule has 98 valence electrons. The Labute approximate surface area is 110 Å². The van der Waals surface area contributed by atoms with E-state index in [0.717, 1.165) is 6.04 Å². The highest BCUT2D eigenvalue weighted by Gasteiger charge is 2.29. The van der Waals surface area contributed by atoms with Gasteiger partial charge in [0.1, 0.15) is 0 Å². The van der Waals surface area contributed by atoms with Gasteiger partial charge >= 0.3 is 0 Å². The second-order valence-corrected chi connectivity index (χ2v) is 5.62. The number of piperidine rings is 1. The van der Waals surface area contributed by atoms with Gasteiger partial charge in [-0.3, -0.25) is 0 Å². The molecular weight excluding hydrogens is 222 g/mol. The predicted molar refractivity (Wildman–Crippen MR) is 74.0 cm³/mol. The highest BCUT2D eigenvalue weighted by atomic mass is 15.3. The topological polar surface area (TPSA) is 24.3 Å². The van der Waals surface area contributed by atoms with Crippen molar-refractivity contribution in [3.8, 4) is 0 Å². The van der Waals surface area contributed by atoms with Crippen LogP contribution in [0.25, 0.3) is 0 Å². The number of quaternary nitrogens is 2. The summed E-state index contributed by atoms with van der Waals surface area (Å²) in [5.74, 6) is 0. The zero-order valence-corrected chi connectivity index (χ0v) is 11.1. The summed E-state index contributed by atoms with van der Waals surface area (Å²) in [5, 5.41) is 2.47. The van der Waals surface area contributed by atoms with Crippen molar-refractivity contribution in [1.29, 1.82) is 0 Å². The lowest BCUT2D eigenvalue weighted by Gasteiger charge is -2.38. The van der Waals surface area contributed by atoms with Crippen LogP contribution in [0.4, 0.5) is 5.69 Å². The van der Waals surface area contributed by atoms with Crippen LogP contribution in [0.15, 0.2) is 30.3 Å². The lowest BCUT2D eigenvalue weighted by Crippen LogP contribution is -3.19. The van der Waals surface area contributed by atoms with Gasteiger partial charge in [0.15, 0.2) is 0 Å². The van der Waals surface area contributed by atoms with Crippen LogP contribution in [0.5, 0.6) is 0 Å². The zero-order valence-electron chi connectivity index (χ0n) is 11.1. The molecule has 0 spiro atoms. The summed E-state index contributed by atoms with van der Waals surface area (Å²) >= 11 is 0. The number of hydrogen-bond donors (Lipinski definition) is 2. The van der Waals surface area contributed by atoms with E-state index in [1.54, 1.807) is 0 Å². The summed E-state index contributed by atoms with van der Waals surface area (Å²) in [5.41, 5.74) is 1.40. The SMILES string of the molecule is c1ccc(N2CC[NH+](C3CC[NH2+]CC3)CC2)cc1. The Balaban J connectivity index is 1.54. The lowest BCUT2D eigenvalue weighted by molar-refractivity contribution is -0.933. The van der Waals surface area contributed by atoms with E-state index in [4.69, 9.17) is 0 Å². The van der Waals surface area contributed by atoms with Crippen molar-refractivity contribution in [3.63, 3.8) is 0 Å². The minimum atomic E-state index is 0.938. The Morgan fingerprint density at radius 1 is 1.00 bits per heavy atom. The lowest BCUT2D eigenvalue weighted by atomic mass is 10.0. The third-order valence-corrected chi connectivity index (χ3v) is 4.54. The summed E-state index contributed by atoms with van der Waals surface area (Å²) < 4.78 is 0. The summed E-state index contributed by atoms with van der Waals surface area (Å²) in [6.45, 7) is 7.77. The number of piperazine rings is 1. The molecule has 0 unspecified atom stereocenters. The van der Waals surface area contributed by atoms with Gasteiger partial charge in [-0.15, -0.1) is 0 Å². The Bertz CT molecular complexity index is 351. The van der Waals surface area contributed by atoms with E-state index in [1.807, 2.05) is 4.90 Å². The molecule has 3 N–H and O–H groups in total. The molecule has 3 rings (SSSR count). The zero-order chi connectivity index (χ0) is 12.2. The Kier molecular flexibility index (Phi) is 3.81. The van der Waals surface area contributed by atoms with Crippen molar-refractivity contribution < 1.29 is 10.2 Å². The predicted octanol–water partition coefficient (Wildman–Crippen LogP) is -0.883. The molecule has 1 aromatic carbocycles. The fourth-order valence-electron chi connectivity index (χ4n) is 3.43. The molecule has 0 atom stereocenters. The first kappa shape index (κ1) is 12.0. The van der Waals surface area contributed by atoms with Gasteiger partial charge in [-0.25, -0.2) is 0 Å². The maximum atomic E-state index is 2.54. The molecule has 0 aliphatic carbocycles. The minimum Gasteiger partial charge on any atom is -0.360 e. The molecule has 0 saturated carbocycles. The number of benzene rings is 1. The number of rotatable bonds is 2. The maximum absolute atomic E-state index is 2.54. The molecule has 3 nitrogen and oxygen atoms in total. The maximum Gasteiger partial charge on any atom is 0.0984 e. The van der Waals surface area contributed by atoms with Gasteiger partial charge in [0.05, 0.1) is 45.3 Å². The van der Waals surface area contributed by atoms with Crippen LogP contribution in [0.1, 0.15) is 12.8 Å². The molecule has 2 aliphatic rings. The molecule has 3 heteroatoms. The van der Waals surface area contributed by atoms with Crippen LogP contribution < -0.4 is 15.1 Å². The average Bonchev–Trinajstić information content (AvgIpc) is 2.49. The molecule has 0 aromatic heterocycles. The standard InChI is InChI=1S/C15H23N3/c1-2-4-14(5-3-1)17-10-12-18(13-11-17)15-6-8-16-9-7-15/h1-5,15-16H,6-13H2/p+2. The molecule has 0 radical (unpaired) electrons. The fraction of sp³-hybridized carbons (Fsp3) is 0.600. The molecule has 0 amide bonds. The van der Waals surface area contributed by atoms with E-state index in [2.05, 4.69) is 40.5 Å². The third kappa shape index (κ3) is 2.68. The number of nitrogens with two attached hydrogens (primary N) is 1. The van der Waals surface area contributed by atoms with Crippen LogP contribution in [0, 0.1) is 0 Å². The van der Waals surface area contributed by atoms with Crippen LogP contribution >= 0.6 is 0 Å². The highest BCUT2D eigenvalue weighted by molar-refractivity contribution is 5.45. The molecule has 0 bridgehead atoms. The van der Waals surface area contributed by atoms with Gasteiger partial charge in [-0.05, 0) is 12.1 Å². The van der Waals surface area contributed by atoms with Crippen LogP contribution in [-0.4, -0.2) is 45.3 Å². The summed E-state index contributed by atoms with van der Waals surface area (Å²) in [7, 11) is 0. The Morgan fingerprint density at radius 2 is 1.67 bits per heavy atom. The van der Waals surface area contributed by atoms with Crippen molar-refractivity contribution in [2.45, 2.75) is 18.9 Å². The third-order valence-electron chi connectivity index (χ3n) is 4.54. The van der Waals surface area contributed by atoms with Gasteiger partial charge in [-0.1, -0.05) is 18.2 Å². The van der Waals surface area contributed by atoms with Crippen molar-refractivity contribution >= 4 is 5.69 Å². The van der Waals surface area contributed by atoms with Gasteiger partial charge in [0.2, 0.25) is 0 Å². The molecular formula is C15H25N3+2. The van der Waals surface area contributed by atoms with Gasteiger partial charge in [0, 0.05) is 18.5 Å². The van der Waals surface area contributed by atoms with E-state index in [-0.39, 0.29) is 0 Å². The quantitative estimate of drug-likeness (QED) is 0.697. The fourth-order valence-corrected chi connectivity index (χ4v) is 3.43. The number of hydrogen-bond acceptors (Lipinski definition) is 1. The van der Waals surface area contributed by atoms with Crippen molar-refractivity contribution in [3.05, 3.63) is 30.3 Å². The van der Waals surface area contributed by atoms with E-state index in [0.29, 0.717) is 0 Å². The molecule has 18 heavy (non-hydrogen) atoms. The van der Waals surface area contributed by atoms with Crippen LogP contribution in [0.3, 0.4) is 0 Å². The van der Waals surface area contributed by atoms with E-state index >= 15 is 0 Å².